The van der Waals surface area contributed by atoms with Gasteiger partial charge in [0.15, 0.2) is 10.2 Å². The fraction of sp³-hybridized carbons (Fsp3) is 0.120. The number of rotatable bonds is 6. The molecule has 0 unspecified atom stereocenters. The van der Waals surface area contributed by atoms with E-state index in [-0.39, 0.29) is 5.75 Å². The molecule has 34 heavy (non-hydrogen) atoms. The molecule has 0 aliphatic carbocycles. The van der Waals surface area contributed by atoms with Crippen molar-refractivity contribution in [2.24, 2.45) is 10.2 Å². The van der Waals surface area contributed by atoms with Gasteiger partial charge in [0, 0.05) is 22.5 Å². The monoisotopic (exact) mass is 490 g/mol. The summed E-state index contributed by atoms with van der Waals surface area (Å²) in [5.41, 5.74) is 11.5. The summed E-state index contributed by atoms with van der Waals surface area (Å²) in [6.07, 6.45) is 3.00. The molecule has 0 heterocycles. The molecule has 0 radical (unpaired) electrons. The maximum absolute atomic E-state index is 10.6. The highest BCUT2D eigenvalue weighted by Gasteiger charge is 2.06. The van der Waals surface area contributed by atoms with E-state index < -0.39 is 0 Å². The van der Waals surface area contributed by atoms with E-state index in [0.717, 1.165) is 28.1 Å². The molecule has 0 aromatic heterocycles. The molecule has 174 valence electrons. The van der Waals surface area contributed by atoms with Crippen molar-refractivity contribution in [2.75, 3.05) is 10.6 Å². The number of hydrogen-bond donors (Lipinski definition) is 5. The zero-order valence-electron chi connectivity index (χ0n) is 19.1. The topological polar surface area (TPSA) is 93.1 Å². The number of hydrogen-bond acceptors (Lipinski definition) is 5. The van der Waals surface area contributed by atoms with Crippen LogP contribution in [0.1, 0.15) is 27.8 Å². The second kappa shape index (κ2) is 11.9. The Morgan fingerprint density at radius 1 is 0.706 bits per heavy atom. The molecule has 9 heteroatoms. The Morgan fingerprint density at radius 2 is 1.15 bits per heavy atom. The van der Waals surface area contributed by atoms with Crippen LogP contribution in [0, 0.1) is 20.8 Å². The minimum atomic E-state index is 0.0387. The molecule has 0 amide bonds. The molecule has 3 aromatic carbocycles. The normalized spacial score (nSPS) is 10.9. The van der Waals surface area contributed by atoms with Gasteiger partial charge < -0.3 is 15.7 Å². The highest BCUT2D eigenvalue weighted by Crippen LogP contribution is 2.21. The van der Waals surface area contributed by atoms with Crippen molar-refractivity contribution in [3.63, 3.8) is 0 Å². The lowest BCUT2D eigenvalue weighted by Crippen LogP contribution is -2.24. The summed E-state index contributed by atoms with van der Waals surface area (Å²) in [6, 6.07) is 19.3. The maximum atomic E-state index is 10.6. The Labute approximate surface area is 210 Å². The van der Waals surface area contributed by atoms with Crippen molar-refractivity contribution in [1.82, 2.24) is 10.9 Å². The Kier molecular flexibility index (Phi) is 8.66. The predicted molar refractivity (Wildman–Crippen MR) is 149 cm³/mol. The van der Waals surface area contributed by atoms with Gasteiger partial charge in [0.05, 0.1) is 12.4 Å². The molecule has 0 saturated heterocycles. The third kappa shape index (κ3) is 7.65. The minimum absolute atomic E-state index is 0.0387. The number of aromatic hydroxyl groups is 1. The number of nitrogens with zero attached hydrogens (tertiary/aromatic N) is 2. The van der Waals surface area contributed by atoms with Crippen molar-refractivity contribution in [3.05, 3.63) is 88.5 Å². The fourth-order valence-electron chi connectivity index (χ4n) is 3.12. The molecule has 7 nitrogen and oxygen atoms in total. The molecule has 3 aromatic rings. The predicted octanol–water partition coefficient (Wildman–Crippen LogP) is 4.96. The first-order valence-electron chi connectivity index (χ1n) is 10.5. The van der Waals surface area contributed by atoms with E-state index in [2.05, 4.69) is 31.7 Å². The van der Waals surface area contributed by atoms with Crippen LogP contribution >= 0.6 is 24.4 Å². The third-order valence-electron chi connectivity index (χ3n) is 4.60. The van der Waals surface area contributed by atoms with Crippen LogP contribution in [0.4, 0.5) is 11.4 Å². The van der Waals surface area contributed by atoms with Gasteiger partial charge in [-0.05, 0) is 98.3 Å². The zero-order chi connectivity index (χ0) is 24.5. The van der Waals surface area contributed by atoms with Crippen LogP contribution in [0.2, 0.25) is 0 Å². The number of anilines is 2. The number of thiocarbonyl (C=S) groups is 2. The van der Waals surface area contributed by atoms with E-state index in [4.69, 9.17) is 24.4 Å². The quantitative estimate of drug-likeness (QED) is 0.189. The summed E-state index contributed by atoms with van der Waals surface area (Å²) in [5, 5.41) is 25.7. The van der Waals surface area contributed by atoms with Gasteiger partial charge in [0.25, 0.3) is 0 Å². The average molecular weight is 491 g/mol. The Balaban J connectivity index is 1.60. The van der Waals surface area contributed by atoms with Gasteiger partial charge in [0.1, 0.15) is 5.75 Å². The molecule has 0 saturated carbocycles. The molecule has 0 fully saturated rings. The van der Waals surface area contributed by atoms with Gasteiger partial charge in [-0.25, -0.2) is 0 Å². The molecule has 3 rings (SSSR count). The highest BCUT2D eigenvalue weighted by molar-refractivity contribution is 7.80. The van der Waals surface area contributed by atoms with Crippen LogP contribution in [0.5, 0.6) is 5.75 Å². The number of hydrazone groups is 2. The van der Waals surface area contributed by atoms with Crippen LogP contribution < -0.4 is 21.5 Å². The van der Waals surface area contributed by atoms with Gasteiger partial charge in [-0.1, -0.05) is 24.3 Å². The summed E-state index contributed by atoms with van der Waals surface area (Å²) >= 11 is 10.5. The van der Waals surface area contributed by atoms with Crippen LogP contribution in [-0.4, -0.2) is 27.8 Å². The number of benzene rings is 3. The van der Waals surface area contributed by atoms with Gasteiger partial charge in [-0.2, -0.15) is 10.2 Å². The molecule has 0 bridgehead atoms. The first-order valence-corrected chi connectivity index (χ1v) is 11.3. The number of phenols is 1. The summed E-state index contributed by atoms with van der Waals surface area (Å²) in [6.45, 7) is 5.93. The smallest absolute Gasteiger partial charge is 0.191 e. The number of aryl methyl sites for hydroxylation is 3. The Hall–Kier alpha value is -3.82. The molecule has 0 aliphatic rings. The Morgan fingerprint density at radius 3 is 1.56 bits per heavy atom. The van der Waals surface area contributed by atoms with E-state index in [0.29, 0.717) is 21.4 Å². The summed E-state index contributed by atoms with van der Waals surface area (Å²) in [5.74, 6) is 0.0387. The van der Waals surface area contributed by atoms with Gasteiger partial charge in [-0.15, -0.1) is 0 Å². The van der Waals surface area contributed by atoms with Gasteiger partial charge in [-0.3, -0.25) is 10.9 Å². The molecule has 0 spiro atoms. The van der Waals surface area contributed by atoms with E-state index in [1.807, 2.05) is 81.4 Å². The standard InChI is InChI=1S/C25H26N6OS2/c1-16-6-4-8-21(12-16)28-24(33)30-26-14-19-10-18(3)11-20(23(19)32)15-27-31-25(34)29-22-9-5-7-17(2)13-22/h4-15,32H,1-3H3,(H2,28,30,33)(H2,29,31,34)/b26-14+,27-15+. The molecular weight excluding hydrogens is 464 g/mol. The first-order chi connectivity index (χ1) is 16.3. The fourth-order valence-corrected chi connectivity index (χ4v) is 3.46. The van der Waals surface area contributed by atoms with Crippen LogP contribution in [0.15, 0.2) is 70.9 Å². The maximum Gasteiger partial charge on any atom is 0.191 e. The van der Waals surface area contributed by atoms with Crippen molar-refractivity contribution >= 4 is 58.5 Å². The number of nitrogens with one attached hydrogen (secondary N) is 4. The summed E-state index contributed by atoms with van der Waals surface area (Å²) in [7, 11) is 0. The van der Waals surface area contributed by atoms with Crippen molar-refractivity contribution in [3.8, 4) is 5.75 Å². The van der Waals surface area contributed by atoms with Gasteiger partial charge >= 0.3 is 0 Å². The lowest BCUT2D eigenvalue weighted by Gasteiger charge is -2.09. The first kappa shape index (κ1) is 24.8. The van der Waals surface area contributed by atoms with Gasteiger partial charge in [0.2, 0.25) is 0 Å². The van der Waals surface area contributed by atoms with Crippen molar-refractivity contribution < 1.29 is 5.11 Å². The van der Waals surface area contributed by atoms with Crippen LogP contribution in [-0.2, 0) is 0 Å². The molecule has 0 aliphatic heterocycles. The summed E-state index contributed by atoms with van der Waals surface area (Å²) < 4.78 is 0. The second-order valence-electron chi connectivity index (χ2n) is 7.68. The molecular formula is C25H26N6OS2. The van der Waals surface area contributed by atoms with E-state index in [9.17, 15) is 5.11 Å². The largest absolute Gasteiger partial charge is 0.507 e. The van der Waals surface area contributed by atoms with Crippen LogP contribution in [0.3, 0.4) is 0 Å². The number of phenolic OH excluding ortho intramolecular Hbond substituents is 1. The SMILES string of the molecule is Cc1cccc(NC(=S)N/N=C/c2cc(C)cc(/C=N/NC(=S)Nc3cccc(C)c3)c2O)c1. The zero-order valence-corrected chi connectivity index (χ0v) is 20.7. The lowest BCUT2D eigenvalue weighted by atomic mass is 10.1. The highest BCUT2D eigenvalue weighted by atomic mass is 32.1. The van der Waals surface area contributed by atoms with Crippen molar-refractivity contribution in [2.45, 2.75) is 20.8 Å². The Bertz CT molecular complexity index is 1160. The lowest BCUT2D eigenvalue weighted by molar-refractivity contribution is 0.473. The van der Waals surface area contributed by atoms with E-state index >= 15 is 0 Å². The minimum Gasteiger partial charge on any atom is -0.507 e. The third-order valence-corrected chi connectivity index (χ3v) is 4.99. The average Bonchev–Trinajstić information content (AvgIpc) is 2.76. The van der Waals surface area contributed by atoms with Crippen molar-refractivity contribution in [1.29, 1.82) is 0 Å². The second-order valence-corrected chi connectivity index (χ2v) is 8.50. The van der Waals surface area contributed by atoms with E-state index in [1.165, 1.54) is 12.4 Å². The van der Waals surface area contributed by atoms with E-state index in [1.54, 1.807) is 0 Å². The molecule has 0 atom stereocenters. The summed E-state index contributed by atoms with van der Waals surface area (Å²) in [4.78, 5) is 0. The van der Waals surface area contributed by atoms with Crippen LogP contribution in [0.25, 0.3) is 0 Å². The molecule has 5 N–H and O–H groups in total.